The lowest BCUT2D eigenvalue weighted by atomic mass is 9.79. The number of piperidine rings is 1. The summed E-state index contributed by atoms with van der Waals surface area (Å²) in [7, 11) is 4.07. The first-order chi connectivity index (χ1) is 9.17. The fourth-order valence-electron chi connectivity index (χ4n) is 3.02. The summed E-state index contributed by atoms with van der Waals surface area (Å²) in [4.78, 5) is 3.93. The van der Waals surface area contributed by atoms with Crippen LogP contribution in [0.4, 0.5) is 0 Å². The largest absolute Gasteiger partial charge is 0.384 e. The Hall–Kier alpha value is -0.420. The molecule has 0 aromatic carbocycles. The second-order valence-corrected chi connectivity index (χ2v) is 6.77. The summed E-state index contributed by atoms with van der Waals surface area (Å²) in [5.74, 6) is 0. The Kier molecular flexibility index (Phi) is 5.39. The van der Waals surface area contributed by atoms with Crippen molar-refractivity contribution in [2.75, 3.05) is 40.4 Å². The maximum atomic E-state index is 5.50. The molecule has 1 fully saturated rings. The van der Waals surface area contributed by atoms with Gasteiger partial charge < -0.3 is 10.1 Å². The average molecular weight is 282 g/mol. The van der Waals surface area contributed by atoms with Crippen LogP contribution in [-0.2, 0) is 4.74 Å². The van der Waals surface area contributed by atoms with Crippen molar-refractivity contribution in [3.05, 3.63) is 22.4 Å². The van der Waals surface area contributed by atoms with E-state index >= 15 is 0 Å². The third kappa shape index (κ3) is 3.78. The number of methoxy groups -OCH3 is 1. The van der Waals surface area contributed by atoms with E-state index in [-0.39, 0.29) is 0 Å². The predicted octanol–water partition coefficient (Wildman–Crippen LogP) is 2.76. The molecule has 0 saturated carbocycles. The Morgan fingerprint density at radius 3 is 2.79 bits per heavy atom. The summed E-state index contributed by atoms with van der Waals surface area (Å²) < 4.78 is 5.50. The minimum Gasteiger partial charge on any atom is -0.384 e. The third-order valence-corrected chi connectivity index (χ3v) is 5.36. The van der Waals surface area contributed by atoms with Gasteiger partial charge in [-0.2, -0.15) is 0 Å². The summed E-state index contributed by atoms with van der Waals surface area (Å²) in [5.41, 5.74) is 0.320. The lowest BCUT2D eigenvalue weighted by molar-refractivity contribution is 0.0204. The van der Waals surface area contributed by atoms with E-state index in [4.69, 9.17) is 4.74 Å². The number of hydrogen-bond donors (Lipinski definition) is 1. The highest BCUT2D eigenvalue weighted by atomic mass is 32.1. The highest BCUT2D eigenvalue weighted by Gasteiger charge is 2.34. The molecule has 1 aromatic rings. The highest BCUT2D eigenvalue weighted by molar-refractivity contribution is 7.10. The van der Waals surface area contributed by atoms with Crippen molar-refractivity contribution >= 4 is 11.3 Å². The van der Waals surface area contributed by atoms with Crippen LogP contribution >= 0.6 is 11.3 Å². The molecule has 3 nitrogen and oxygen atoms in total. The van der Waals surface area contributed by atoms with E-state index in [1.807, 2.05) is 18.4 Å². The monoisotopic (exact) mass is 282 g/mol. The molecule has 2 rings (SSSR count). The Morgan fingerprint density at radius 2 is 2.21 bits per heavy atom. The second kappa shape index (κ2) is 6.84. The Bertz CT molecular complexity index is 355. The smallest absolute Gasteiger partial charge is 0.0531 e. The number of thiophene rings is 1. The fraction of sp³-hybridized carbons (Fsp3) is 0.733. The molecule has 1 aliphatic heterocycles. The van der Waals surface area contributed by atoms with E-state index in [1.165, 1.54) is 17.7 Å². The number of nitrogens with one attached hydrogen (secondary N) is 1. The van der Waals surface area contributed by atoms with E-state index < -0.39 is 0 Å². The zero-order valence-corrected chi connectivity index (χ0v) is 13.1. The molecule has 0 radical (unpaired) electrons. The van der Waals surface area contributed by atoms with Crippen molar-refractivity contribution < 1.29 is 4.74 Å². The first-order valence-corrected chi connectivity index (χ1v) is 7.98. The summed E-state index contributed by atoms with van der Waals surface area (Å²) in [6.45, 7) is 6.51. The molecule has 0 amide bonds. The molecular weight excluding hydrogens is 256 g/mol. The molecule has 0 aliphatic carbocycles. The maximum Gasteiger partial charge on any atom is 0.0531 e. The van der Waals surface area contributed by atoms with Crippen LogP contribution in [0.15, 0.2) is 17.5 Å². The van der Waals surface area contributed by atoms with Crippen LogP contribution in [0.1, 0.15) is 30.7 Å². The molecule has 0 bridgehead atoms. The Morgan fingerprint density at radius 1 is 1.47 bits per heavy atom. The van der Waals surface area contributed by atoms with Crippen molar-refractivity contribution in [3.8, 4) is 0 Å². The van der Waals surface area contributed by atoms with Gasteiger partial charge in [-0.25, -0.2) is 0 Å². The maximum absolute atomic E-state index is 5.50. The van der Waals surface area contributed by atoms with Crippen molar-refractivity contribution in [2.24, 2.45) is 5.41 Å². The minimum absolute atomic E-state index is 0.320. The number of ether oxygens (including phenoxy) is 1. The van der Waals surface area contributed by atoms with Gasteiger partial charge in [0.1, 0.15) is 0 Å². The number of hydrogen-bond acceptors (Lipinski definition) is 4. The van der Waals surface area contributed by atoms with Crippen molar-refractivity contribution in [1.29, 1.82) is 0 Å². The molecule has 108 valence electrons. The molecule has 1 unspecified atom stereocenters. The van der Waals surface area contributed by atoms with E-state index in [9.17, 15) is 0 Å². The van der Waals surface area contributed by atoms with E-state index in [1.54, 1.807) is 0 Å². The van der Waals surface area contributed by atoms with E-state index in [0.717, 1.165) is 26.2 Å². The van der Waals surface area contributed by atoms with Gasteiger partial charge in [0.2, 0.25) is 0 Å². The first-order valence-electron chi connectivity index (χ1n) is 7.10. The van der Waals surface area contributed by atoms with Crippen LogP contribution in [0, 0.1) is 5.41 Å². The van der Waals surface area contributed by atoms with Crippen LogP contribution in [0.5, 0.6) is 0 Å². The summed E-state index contributed by atoms with van der Waals surface area (Å²) in [5, 5.41) is 5.62. The molecule has 1 saturated heterocycles. The summed E-state index contributed by atoms with van der Waals surface area (Å²) in [6, 6.07) is 4.86. The topological polar surface area (TPSA) is 24.5 Å². The average Bonchev–Trinajstić information content (AvgIpc) is 2.93. The quantitative estimate of drug-likeness (QED) is 0.868. The van der Waals surface area contributed by atoms with Crippen LogP contribution < -0.4 is 5.32 Å². The minimum atomic E-state index is 0.320. The van der Waals surface area contributed by atoms with Gasteiger partial charge >= 0.3 is 0 Å². The zero-order chi connectivity index (χ0) is 13.7. The van der Waals surface area contributed by atoms with E-state index in [2.05, 4.69) is 41.7 Å². The lowest BCUT2D eigenvalue weighted by Gasteiger charge is -2.41. The van der Waals surface area contributed by atoms with Gasteiger partial charge in [-0.3, -0.25) is 4.90 Å². The lowest BCUT2D eigenvalue weighted by Crippen LogP contribution is -2.46. The van der Waals surface area contributed by atoms with Gasteiger partial charge in [0.15, 0.2) is 0 Å². The van der Waals surface area contributed by atoms with Crippen molar-refractivity contribution in [2.45, 2.75) is 25.8 Å². The molecule has 4 heteroatoms. The predicted molar refractivity (Wildman–Crippen MR) is 81.8 cm³/mol. The Balaban J connectivity index is 2.00. The third-order valence-electron chi connectivity index (χ3n) is 4.32. The van der Waals surface area contributed by atoms with Crippen LogP contribution in [0.3, 0.4) is 0 Å². The molecule has 1 aliphatic rings. The molecular formula is C15H26N2OS. The van der Waals surface area contributed by atoms with Gasteiger partial charge in [0, 0.05) is 30.0 Å². The molecule has 19 heavy (non-hydrogen) atoms. The molecule has 1 N–H and O–H groups in total. The first kappa shape index (κ1) is 15.0. The summed E-state index contributed by atoms with van der Waals surface area (Å²) in [6.07, 6.45) is 2.42. The van der Waals surface area contributed by atoms with Gasteiger partial charge in [0.05, 0.1) is 6.61 Å². The Labute approximate surface area is 121 Å². The molecule has 1 aromatic heterocycles. The zero-order valence-electron chi connectivity index (χ0n) is 12.3. The standard InChI is InChI=1S/C15H26N2OS/c1-13(14-5-4-10-19-14)17(2)11-15(12-18-3)6-8-16-9-7-15/h4-5,10,13,16H,6-9,11-12H2,1-3H3. The van der Waals surface area contributed by atoms with E-state index in [0.29, 0.717) is 11.5 Å². The van der Waals surface area contributed by atoms with Gasteiger partial charge in [0.25, 0.3) is 0 Å². The highest BCUT2D eigenvalue weighted by Crippen LogP contribution is 2.33. The summed E-state index contributed by atoms with van der Waals surface area (Å²) >= 11 is 1.85. The molecule has 0 spiro atoms. The van der Waals surface area contributed by atoms with Gasteiger partial charge in [-0.05, 0) is 51.3 Å². The normalized spacial score (nSPS) is 20.6. The number of rotatable bonds is 6. The number of nitrogens with zero attached hydrogens (tertiary/aromatic N) is 1. The molecule has 2 heterocycles. The van der Waals surface area contributed by atoms with Gasteiger partial charge in [-0.1, -0.05) is 6.07 Å². The van der Waals surface area contributed by atoms with Crippen molar-refractivity contribution in [3.63, 3.8) is 0 Å². The molecule has 1 atom stereocenters. The van der Waals surface area contributed by atoms with Crippen molar-refractivity contribution in [1.82, 2.24) is 10.2 Å². The fourth-order valence-corrected chi connectivity index (χ4v) is 3.87. The van der Waals surface area contributed by atoms with Crippen LogP contribution in [-0.4, -0.2) is 45.3 Å². The second-order valence-electron chi connectivity index (χ2n) is 5.79. The van der Waals surface area contributed by atoms with Gasteiger partial charge in [-0.15, -0.1) is 11.3 Å². The SMILES string of the molecule is COCC1(CN(C)C(C)c2cccs2)CCNCC1. The van der Waals surface area contributed by atoms with Crippen LogP contribution in [0.2, 0.25) is 0 Å². The van der Waals surface area contributed by atoms with Crippen LogP contribution in [0.25, 0.3) is 0 Å².